The Balaban J connectivity index is 3.28. The van der Waals surface area contributed by atoms with Gasteiger partial charge in [-0.25, -0.2) is 0 Å². The van der Waals surface area contributed by atoms with Gasteiger partial charge < -0.3 is 10.8 Å². The number of carbonyl (C=O) groups is 2. The molecule has 52 valence electrons. The topological polar surface area (TPSA) is 80.4 Å². The number of rotatable bonds is 4. The van der Waals surface area contributed by atoms with Crippen molar-refractivity contribution < 1.29 is 14.7 Å². The van der Waals surface area contributed by atoms with Crippen molar-refractivity contribution in [2.75, 3.05) is 6.54 Å². The Hall–Kier alpha value is -0.900. The van der Waals surface area contributed by atoms with E-state index in [4.69, 9.17) is 10.8 Å². The normalized spacial score (nSPS) is 9.00. The molecule has 0 aliphatic rings. The van der Waals surface area contributed by atoms with Gasteiger partial charge in [-0.2, -0.15) is 0 Å². The molecule has 0 bridgehead atoms. The van der Waals surface area contributed by atoms with Crippen LogP contribution in [0.4, 0.5) is 0 Å². The van der Waals surface area contributed by atoms with Crippen molar-refractivity contribution in [3.63, 3.8) is 0 Å². The fourth-order valence-electron chi connectivity index (χ4n) is 0.348. The molecule has 0 aliphatic carbocycles. The molecule has 0 spiro atoms. The number of carbonyl (C=O) groups excluding carboxylic acids is 1. The number of carboxylic acids is 1. The summed E-state index contributed by atoms with van der Waals surface area (Å²) in [4.78, 5) is 20.2. The van der Waals surface area contributed by atoms with Gasteiger partial charge in [0.2, 0.25) is 0 Å². The summed E-state index contributed by atoms with van der Waals surface area (Å²) in [5.74, 6) is -1.17. The second-order valence-electron chi connectivity index (χ2n) is 1.64. The van der Waals surface area contributed by atoms with Crippen LogP contribution >= 0.6 is 0 Å². The van der Waals surface area contributed by atoms with Gasteiger partial charge >= 0.3 is 5.97 Å². The van der Waals surface area contributed by atoms with Gasteiger partial charge in [-0.15, -0.1) is 0 Å². The average molecular weight is 133 g/mol. The zero-order chi connectivity index (χ0) is 7.28. The monoisotopic (exact) mass is 133 g/mol. The van der Waals surface area contributed by atoms with Crippen molar-refractivity contribution in [2.45, 2.75) is 12.8 Å². The van der Waals surface area contributed by atoms with Gasteiger partial charge in [-0.1, -0.05) is 0 Å². The Kier molecular flexibility index (Phi) is 3.62. The molecule has 0 aromatic rings. The Morgan fingerprint density at radius 3 is 2.22 bits per heavy atom. The van der Waals surface area contributed by atoms with Crippen LogP contribution in [0, 0.1) is 0 Å². The van der Waals surface area contributed by atoms with E-state index < -0.39 is 5.97 Å². The maximum atomic E-state index is 10.3. The minimum atomic E-state index is -0.961. The van der Waals surface area contributed by atoms with E-state index in [0.29, 0.717) is 0 Å². The molecule has 0 aromatic carbocycles. The van der Waals surface area contributed by atoms with Gasteiger partial charge in [0.25, 0.3) is 0 Å². The largest absolute Gasteiger partial charge is 0.481 e. The Morgan fingerprint density at radius 2 is 1.89 bits per heavy atom. The SMILES string of the molecule is NC[13C](=O)CC[13C](=O)O. The molecule has 4 nitrogen and oxygen atoms in total. The quantitative estimate of drug-likeness (QED) is 0.501. The Bertz CT molecular complexity index is 121. The van der Waals surface area contributed by atoms with E-state index in [1.54, 1.807) is 0 Å². The highest BCUT2D eigenvalue weighted by molar-refractivity contribution is 5.83. The fourth-order valence-corrected chi connectivity index (χ4v) is 0.348. The van der Waals surface area contributed by atoms with Gasteiger partial charge in [0, 0.05) is 6.42 Å². The number of carboxylic acid groups (broad SMARTS) is 1. The summed E-state index contributed by atoms with van der Waals surface area (Å²) in [5, 5.41) is 8.06. The number of hydrogen-bond acceptors (Lipinski definition) is 3. The van der Waals surface area contributed by atoms with E-state index in [1.165, 1.54) is 0 Å². The molecule has 0 aromatic heterocycles. The zero-order valence-corrected chi connectivity index (χ0v) is 4.96. The van der Waals surface area contributed by atoms with Gasteiger partial charge in [-0.05, 0) is 0 Å². The number of ketones is 1. The lowest BCUT2D eigenvalue weighted by atomic mass is 10.5. The first kappa shape index (κ1) is 8.10. The second-order valence-corrected chi connectivity index (χ2v) is 1.64. The van der Waals surface area contributed by atoms with Crippen molar-refractivity contribution in [1.29, 1.82) is 0 Å². The third kappa shape index (κ3) is 4.96. The van der Waals surface area contributed by atoms with Crippen molar-refractivity contribution >= 4 is 11.8 Å². The molecule has 0 amide bonds. The molecular weight excluding hydrogens is 124 g/mol. The third-order valence-electron chi connectivity index (χ3n) is 0.845. The minimum Gasteiger partial charge on any atom is -0.481 e. The molecule has 0 heterocycles. The van der Waals surface area contributed by atoms with Crippen LogP contribution in [-0.4, -0.2) is 23.4 Å². The molecule has 3 N–H and O–H groups in total. The average Bonchev–Trinajstić information content (AvgIpc) is 1.83. The van der Waals surface area contributed by atoms with Crippen LogP contribution in [0.25, 0.3) is 0 Å². The van der Waals surface area contributed by atoms with Crippen LogP contribution < -0.4 is 5.73 Å². The maximum Gasteiger partial charge on any atom is 0.303 e. The maximum absolute atomic E-state index is 10.3. The molecule has 0 radical (unpaired) electrons. The molecular formula is C5H9NO3. The highest BCUT2D eigenvalue weighted by Crippen LogP contribution is 1.87. The summed E-state index contributed by atoms with van der Waals surface area (Å²) >= 11 is 0. The van der Waals surface area contributed by atoms with Crippen molar-refractivity contribution in [3.8, 4) is 0 Å². The summed E-state index contributed by atoms with van der Waals surface area (Å²) in [5.41, 5.74) is 4.92. The summed E-state index contributed by atoms with van der Waals surface area (Å²) in [6, 6.07) is 0. The highest BCUT2D eigenvalue weighted by Gasteiger charge is 2.01. The van der Waals surface area contributed by atoms with Crippen LogP contribution in [0.3, 0.4) is 0 Å². The number of aliphatic carboxylic acids is 1. The van der Waals surface area contributed by atoms with Crippen molar-refractivity contribution in [3.05, 3.63) is 0 Å². The molecule has 0 saturated carbocycles. The van der Waals surface area contributed by atoms with Gasteiger partial charge in [0.05, 0.1) is 13.0 Å². The van der Waals surface area contributed by atoms with E-state index in [2.05, 4.69) is 0 Å². The molecule has 0 rings (SSSR count). The lowest BCUT2D eigenvalue weighted by Gasteiger charge is -1.90. The van der Waals surface area contributed by atoms with Crippen LogP contribution in [0.15, 0.2) is 0 Å². The summed E-state index contributed by atoms with van der Waals surface area (Å²) in [6.45, 7) is -0.0622. The molecule has 0 fully saturated rings. The third-order valence-corrected chi connectivity index (χ3v) is 0.845. The van der Waals surface area contributed by atoms with Crippen molar-refractivity contribution in [1.82, 2.24) is 0 Å². The first-order chi connectivity index (χ1) is 4.16. The first-order valence-corrected chi connectivity index (χ1v) is 2.60. The number of hydrogen-bond donors (Lipinski definition) is 2. The van der Waals surface area contributed by atoms with Crippen LogP contribution in [-0.2, 0) is 9.59 Å². The Morgan fingerprint density at radius 1 is 1.33 bits per heavy atom. The van der Waals surface area contributed by atoms with E-state index in [9.17, 15) is 9.59 Å². The van der Waals surface area contributed by atoms with Crippen molar-refractivity contribution in [2.24, 2.45) is 5.73 Å². The van der Waals surface area contributed by atoms with E-state index in [0.717, 1.165) is 0 Å². The standard InChI is InChI=1S/C5H9NO3/c6-3-4(7)1-2-5(8)9/h1-3,6H2,(H,8,9)/i4+1,5+1. The van der Waals surface area contributed by atoms with Crippen LogP contribution in [0.1, 0.15) is 12.8 Å². The predicted molar refractivity (Wildman–Crippen MR) is 30.9 cm³/mol. The number of nitrogens with two attached hydrogens (primary N) is 1. The van der Waals surface area contributed by atoms with Gasteiger partial charge in [0.1, 0.15) is 5.78 Å². The lowest BCUT2D eigenvalue weighted by molar-refractivity contribution is -0.138. The lowest BCUT2D eigenvalue weighted by Crippen LogP contribution is -2.14. The summed E-state index contributed by atoms with van der Waals surface area (Å²) in [7, 11) is 0. The highest BCUT2D eigenvalue weighted by atomic mass is 16.5. The number of Topliss-reactive ketones (excluding diaryl/α,β-unsaturated/α-hetero) is 1. The molecule has 0 aliphatic heterocycles. The molecule has 0 saturated heterocycles. The van der Waals surface area contributed by atoms with E-state index in [-0.39, 0.29) is 25.2 Å². The minimum absolute atomic E-state index is 0.0475. The smallest absolute Gasteiger partial charge is 0.303 e. The zero-order valence-electron chi connectivity index (χ0n) is 4.96. The fraction of sp³-hybridized carbons (Fsp3) is 0.600. The molecule has 0 unspecified atom stereocenters. The summed E-state index contributed by atoms with van der Waals surface area (Å²) in [6.07, 6.45) is -0.0676. The van der Waals surface area contributed by atoms with Gasteiger partial charge in [0.15, 0.2) is 0 Å². The molecule has 4 heteroatoms. The summed E-state index contributed by atoms with van der Waals surface area (Å²) < 4.78 is 0. The van der Waals surface area contributed by atoms with Crippen LogP contribution in [0.5, 0.6) is 0 Å². The second kappa shape index (κ2) is 4.03. The van der Waals surface area contributed by atoms with E-state index >= 15 is 0 Å². The van der Waals surface area contributed by atoms with Crippen LogP contribution in [0.2, 0.25) is 0 Å². The Labute approximate surface area is 52.7 Å². The van der Waals surface area contributed by atoms with Gasteiger partial charge in [-0.3, -0.25) is 9.59 Å². The molecule has 9 heavy (non-hydrogen) atoms. The van der Waals surface area contributed by atoms with E-state index in [1.807, 2.05) is 0 Å². The predicted octanol–water partition coefficient (Wildman–Crippen LogP) is -0.621. The molecule has 0 atom stereocenters. The first-order valence-electron chi connectivity index (χ1n) is 2.60.